The van der Waals surface area contributed by atoms with E-state index in [0.717, 1.165) is 33.9 Å². The summed E-state index contributed by atoms with van der Waals surface area (Å²) in [5, 5.41) is 12.8. The van der Waals surface area contributed by atoms with Crippen LogP contribution >= 0.6 is 11.3 Å². The van der Waals surface area contributed by atoms with Gasteiger partial charge in [-0.3, -0.25) is 0 Å². The summed E-state index contributed by atoms with van der Waals surface area (Å²) in [4.78, 5) is 2.23. The Bertz CT molecular complexity index is 844. The molecule has 3 rings (SSSR count). The van der Waals surface area contributed by atoms with Crippen LogP contribution in [0.4, 0.5) is 10.7 Å². The number of para-hydroxylation sites is 1. The van der Waals surface area contributed by atoms with Crippen molar-refractivity contribution in [3.63, 3.8) is 0 Å². The van der Waals surface area contributed by atoms with Gasteiger partial charge < -0.3 is 4.90 Å². The number of hydrogen-bond acceptors (Lipinski definition) is 3. The first-order valence-electron chi connectivity index (χ1n) is 7.66. The molecule has 0 N–H and O–H groups in total. The SMILES string of the molecule is CCN(c1ccccc1C)c1scc(-c2ccccc2)c1C#N. The van der Waals surface area contributed by atoms with E-state index in [4.69, 9.17) is 0 Å². The summed E-state index contributed by atoms with van der Waals surface area (Å²) in [6.45, 7) is 5.06. The van der Waals surface area contributed by atoms with Crippen molar-refractivity contribution in [3.05, 3.63) is 71.1 Å². The minimum Gasteiger partial charge on any atom is -0.332 e. The first-order chi connectivity index (χ1) is 11.3. The summed E-state index contributed by atoms with van der Waals surface area (Å²) in [5.74, 6) is 0. The molecular weight excluding hydrogens is 300 g/mol. The Morgan fingerprint density at radius 2 is 1.74 bits per heavy atom. The molecule has 0 aliphatic heterocycles. The molecule has 2 nitrogen and oxygen atoms in total. The molecule has 0 radical (unpaired) electrons. The van der Waals surface area contributed by atoms with E-state index >= 15 is 0 Å². The molecule has 3 aromatic rings. The van der Waals surface area contributed by atoms with Crippen molar-refractivity contribution in [2.24, 2.45) is 0 Å². The highest BCUT2D eigenvalue weighted by Gasteiger charge is 2.19. The lowest BCUT2D eigenvalue weighted by Gasteiger charge is -2.24. The second kappa shape index (κ2) is 6.68. The number of nitriles is 1. The summed E-state index contributed by atoms with van der Waals surface area (Å²) in [7, 11) is 0. The van der Waals surface area contributed by atoms with Gasteiger partial charge in [-0.15, -0.1) is 11.3 Å². The summed E-state index contributed by atoms with van der Waals surface area (Å²) in [6.07, 6.45) is 0. The molecule has 0 saturated carbocycles. The zero-order valence-electron chi connectivity index (χ0n) is 13.3. The molecule has 0 aliphatic carbocycles. The second-order valence-electron chi connectivity index (χ2n) is 5.34. The summed E-state index contributed by atoms with van der Waals surface area (Å²) in [6, 6.07) is 20.8. The van der Waals surface area contributed by atoms with Crippen molar-refractivity contribution >= 4 is 22.0 Å². The molecule has 0 atom stereocenters. The third kappa shape index (κ3) is 2.86. The van der Waals surface area contributed by atoms with E-state index in [-0.39, 0.29) is 0 Å². The highest BCUT2D eigenvalue weighted by molar-refractivity contribution is 7.15. The van der Waals surface area contributed by atoms with Gasteiger partial charge in [0.05, 0.1) is 5.56 Å². The predicted molar refractivity (Wildman–Crippen MR) is 98.3 cm³/mol. The molecule has 23 heavy (non-hydrogen) atoms. The van der Waals surface area contributed by atoms with Crippen LogP contribution < -0.4 is 4.90 Å². The van der Waals surface area contributed by atoms with Gasteiger partial charge in [-0.25, -0.2) is 0 Å². The molecule has 0 spiro atoms. The molecule has 3 heteroatoms. The molecule has 1 aromatic heterocycles. The Hall–Kier alpha value is -2.57. The largest absolute Gasteiger partial charge is 0.332 e. The molecule has 0 saturated heterocycles. The van der Waals surface area contributed by atoms with Crippen LogP contribution in [0.15, 0.2) is 60.0 Å². The highest BCUT2D eigenvalue weighted by atomic mass is 32.1. The summed E-state index contributed by atoms with van der Waals surface area (Å²) in [5.41, 5.74) is 5.24. The number of rotatable bonds is 4. The van der Waals surface area contributed by atoms with Gasteiger partial charge in [0.2, 0.25) is 0 Å². The Balaban J connectivity index is 2.12. The van der Waals surface area contributed by atoms with Gasteiger partial charge >= 0.3 is 0 Å². The maximum absolute atomic E-state index is 9.74. The maximum atomic E-state index is 9.74. The van der Waals surface area contributed by atoms with Crippen molar-refractivity contribution < 1.29 is 0 Å². The zero-order chi connectivity index (χ0) is 16.2. The molecular formula is C20H18N2S. The summed E-state index contributed by atoms with van der Waals surface area (Å²) >= 11 is 1.64. The third-order valence-corrected chi connectivity index (χ3v) is 4.94. The minimum atomic E-state index is 0.756. The van der Waals surface area contributed by atoms with E-state index in [1.807, 2.05) is 30.3 Å². The highest BCUT2D eigenvalue weighted by Crippen LogP contribution is 2.40. The van der Waals surface area contributed by atoms with Gasteiger partial charge in [-0.2, -0.15) is 5.26 Å². The van der Waals surface area contributed by atoms with E-state index in [0.29, 0.717) is 0 Å². The number of thiophene rings is 1. The molecule has 0 unspecified atom stereocenters. The Morgan fingerprint density at radius 1 is 1.04 bits per heavy atom. The van der Waals surface area contributed by atoms with Crippen molar-refractivity contribution in [2.75, 3.05) is 11.4 Å². The molecule has 114 valence electrons. The quantitative estimate of drug-likeness (QED) is 0.612. The number of nitrogens with zero attached hydrogens (tertiary/aromatic N) is 2. The average Bonchev–Trinajstić information content (AvgIpc) is 3.02. The van der Waals surface area contributed by atoms with Gasteiger partial charge in [0.1, 0.15) is 11.1 Å². The van der Waals surface area contributed by atoms with Crippen LogP contribution in [0, 0.1) is 18.3 Å². The van der Waals surface area contributed by atoms with Gasteiger partial charge in [-0.1, -0.05) is 48.5 Å². The molecule has 1 heterocycles. The topological polar surface area (TPSA) is 27.0 Å². The third-order valence-electron chi connectivity index (χ3n) is 3.94. The number of hydrogen-bond donors (Lipinski definition) is 0. The van der Waals surface area contributed by atoms with Gasteiger partial charge in [0.15, 0.2) is 0 Å². The normalized spacial score (nSPS) is 10.3. The predicted octanol–water partition coefficient (Wildman–Crippen LogP) is 5.75. The average molecular weight is 318 g/mol. The smallest absolute Gasteiger partial charge is 0.114 e. The van der Waals surface area contributed by atoms with E-state index in [9.17, 15) is 5.26 Å². The Kier molecular flexibility index (Phi) is 4.45. The van der Waals surface area contributed by atoms with E-state index < -0.39 is 0 Å². The monoisotopic (exact) mass is 318 g/mol. The maximum Gasteiger partial charge on any atom is 0.114 e. The zero-order valence-corrected chi connectivity index (χ0v) is 14.1. The van der Waals surface area contributed by atoms with Crippen LogP contribution in [-0.4, -0.2) is 6.54 Å². The molecule has 0 bridgehead atoms. The Morgan fingerprint density at radius 3 is 2.39 bits per heavy atom. The van der Waals surface area contributed by atoms with E-state index in [2.05, 4.69) is 54.5 Å². The van der Waals surface area contributed by atoms with Crippen LogP contribution in [0.25, 0.3) is 11.1 Å². The van der Waals surface area contributed by atoms with Crippen molar-refractivity contribution in [1.82, 2.24) is 0 Å². The minimum absolute atomic E-state index is 0.756. The number of anilines is 2. The van der Waals surface area contributed by atoms with Crippen LogP contribution in [0.3, 0.4) is 0 Å². The Labute approximate surface area is 141 Å². The first-order valence-corrected chi connectivity index (χ1v) is 8.54. The summed E-state index contributed by atoms with van der Waals surface area (Å²) < 4.78 is 0. The fourth-order valence-electron chi connectivity index (χ4n) is 2.77. The van der Waals surface area contributed by atoms with Crippen molar-refractivity contribution in [3.8, 4) is 17.2 Å². The standard InChI is InChI=1S/C20H18N2S/c1-3-22(19-12-8-7-9-15(19)2)20-17(13-21)18(14-23-20)16-10-5-4-6-11-16/h4-12,14H,3H2,1-2H3. The van der Waals surface area contributed by atoms with Crippen LogP contribution in [0.1, 0.15) is 18.1 Å². The fraction of sp³-hybridized carbons (Fsp3) is 0.150. The van der Waals surface area contributed by atoms with Crippen LogP contribution in [0.5, 0.6) is 0 Å². The van der Waals surface area contributed by atoms with E-state index in [1.165, 1.54) is 5.56 Å². The van der Waals surface area contributed by atoms with Gasteiger partial charge in [0.25, 0.3) is 0 Å². The van der Waals surface area contributed by atoms with Crippen molar-refractivity contribution in [1.29, 1.82) is 5.26 Å². The molecule has 0 amide bonds. The number of aryl methyl sites for hydroxylation is 1. The molecule has 0 fully saturated rings. The van der Waals surface area contributed by atoms with Gasteiger partial charge in [-0.05, 0) is 31.0 Å². The van der Waals surface area contributed by atoms with Gasteiger partial charge in [0, 0.05) is 23.2 Å². The lowest BCUT2D eigenvalue weighted by Crippen LogP contribution is -2.16. The molecule has 0 aliphatic rings. The second-order valence-corrected chi connectivity index (χ2v) is 6.20. The first kappa shape index (κ1) is 15.3. The van der Waals surface area contributed by atoms with E-state index in [1.54, 1.807) is 11.3 Å². The molecule has 2 aromatic carbocycles. The number of benzene rings is 2. The fourth-order valence-corrected chi connectivity index (χ4v) is 3.89. The van der Waals surface area contributed by atoms with Crippen molar-refractivity contribution in [2.45, 2.75) is 13.8 Å². The lowest BCUT2D eigenvalue weighted by molar-refractivity contribution is 1.03. The van der Waals surface area contributed by atoms with Crippen LogP contribution in [-0.2, 0) is 0 Å². The van der Waals surface area contributed by atoms with Crippen LogP contribution in [0.2, 0.25) is 0 Å². The lowest BCUT2D eigenvalue weighted by atomic mass is 10.0.